The second kappa shape index (κ2) is 5.19. The van der Waals surface area contributed by atoms with Crippen LogP contribution in [0.2, 0.25) is 0 Å². The maximum absolute atomic E-state index is 6.00. The molecule has 1 atom stereocenters. The summed E-state index contributed by atoms with van der Waals surface area (Å²) in [4.78, 5) is 3.32. The Morgan fingerprint density at radius 1 is 1.05 bits per heavy atom. The smallest absolute Gasteiger partial charge is 0.0457 e. The Morgan fingerprint density at radius 3 is 2.53 bits per heavy atom. The van der Waals surface area contributed by atoms with Crippen LogP contribution in [0.1, 0.15) is 17.0 Å². The lowest BCUT2D eigenvalue weighted by Crippen LogP contribution is -2.13. The van der Waals surface area contributed by atoms with Crippen molar-refractivity contribution in [2.45, 2.75) is 5.92 Å². The Hall–Kier alpha value is -1.58. The first-order valence-electron chi connectivity index (χ1n) is 6.31. The van der Waals surface area contributed by atoms with Gasteiger partial charge in [-0.15, -0.1) is 0 Å². The molecule has 3 aromatic rings. The van der Waals surface area contributed by atoms with Crippen LogP contribution in [0.4, 0.5) is 0 Å². The number of aromatic nitrogens is 1. The van der Waals surface area contributed by atoms with Gasteiger partial charge in [0.15, 0.2) is 0 Å². The molecule has 19 heavy (non-hydrogen) atoms. The van der Waals surface area contributed by atoms with Gasteiger partial charge in [-0.05, 0) is 29.3 Å². The summed E-state index contributed by atoms with van der Waals surface area (Å²) < 4.78 is 1.09. The van der Waals surface area contributed by atoms with Gasteiger partial charge < -0.3 is 10.7 Å². The fraction of sp³-hybridized carbons (Fsp3) is 0.125. The molecule has 0 aliphatic rings. The molecule has 2 nitrogen and oxygen atoms in total. The molecule has 0 amide bonds. The van der Waals surface area contributed by atoms with E-state index in [2.05, 4.69) is 69.6 Å². The van der Waals surface area contributed by atoms with E-state index in [-0.39, 0.29) is 5.92 Å². The van der Waals surface area contributed by atoms with Crippen molar-refractivity contribution in [2.75, 3.05) is 6.54 Å². The minimum atomic E-state index is 0.226. The number of hydrogen-bond acceptors (Lipinski definition) is 1. The first-order valence-corrected chi connectivity index (χ1v) is 7.10. The maximum atomic E-state index is 6.00. The van der Waals surface area contributed by atoms with Crippen molar-refractivity contribution in [3.05, 3.63) is 70.3 Å². The molecular weight excluding hydrogens is 300 g/mol. The Morgan fingerprint density at radius 2 is 1.79 bits per heavy atom. The number of hydrogen-bond donors (Lipinski definition) is 2. The molecule has 2 aromatic carbocycles. The number of para-hydroxylation sites is 1. The molecule has 3 rings (SSSR count). The van der Waals surface area contributed by atoms with Crippen molar-refractivity contribution < 1.29 is 0 Å². The molecule has 0 unspecified atom stereocenters. The second-order valence-electron chi connectivity index (χ2n) is 4.63. The predicted molar refractivity (Wildman–Crippen MR) is 83.3 cm³/mol. The molecule has 1 aromatic heterocycles. The number of rotatable bonds is 3. The fourth-order valence-corrected chi connectivity index (χ4v) is 2.78. The third-order valence-electron chi connectivity index (χ3n) is 3.50. The zero-order valence-electron chi connectivity index (χ0n) is 10.4. The van der Waals surface area contributed by atoms with E-state index >= 15 is 0 Å². The molecule has 3 heteroatoms. The number of nitrogens with one attached hydrogen (secondary N) is 1. The van der Waals surface area contributed by atoms with Crippen LogP contribution in [-0.2, 0) is 0 Å². The Bertz CT molecular complexity index is 685. The first-order chi connectivity index (χ1) is 9.29. The zero-order chi connectivity index (χ0) is 13.2. The lowest BCUT2D eigenvalue weighted by Gasteiger charge is -2.15. The van der Waals surface area contributed by atoms with Crippen LogP contribution in [0.3, 0.4) is 0 Å². The standard InChI is InChI=1S/C16H15BrN2/c17-12-7-5-11(6-8-12)14(9-18)15-10-19-16-4-2-1-3-13(15)16/h1-8,10,14,19H,9,18H2/t14-/m0/s1. The highest BCUT2D eigenvalue weighted by Crippen LogP contribution is 2.30. The Labute approximate surface area is 120 Å². The van der Waals surface area contributed by atoms with Gasteiger partial charge in [0.05, 0.1) is 0 Å². The maximum Gasteiger partial charge on any atom is 0.0457 e. The van der Waals surface area contributed by atoms with E-state index in [1.807, 2.05) is 6.07 Å². The van der Waals surface area contributed by atoms with Crippen molar-refractivity contribution >= 4 is 26.8 Å². The van der Waals surface area contributed by atoms with Crippen LogP contribution >= 0.6 is 15.9 Å². The summed E-state index contributed by atoms with van der Waals surface area (Å²) in [5.41, 5.74) is 9.67. The van der Waals surface area contributed by atoms with Gasteiger partial charge in [0.1, 0.15) is 0 Å². The van der Waals surface area contributed by atoms with Crippen LogP contribution in [0, 0.1) is 0 Å². The largest absolute Gasteiger partial charge is 0.361 e. The van der Waals surface area contributed by atoms with Gasteiger partial charge >= 0.3 is 0 Å². The van der Waals surface area contributed by atoms with Gasteiger partial charge in [-0.3, -0.25) is 0 Å². The highest BCUT2D eigenvalue weighted by Gasteiger charge is 2.16. The molecular formula is C16H15BrN2. The monoisotopic (exact) mass is 314 g/mol. The van der Waals surface area contributed by atoms with Crippen molar-refractivity contribution in [2.24, 2.45) is 5.73 Å². The first kappa shape index (κ1) is 12.5. The molecule has 96 valence electrons. The van der Waals surface area contributed by atoms with Crippen molar-refractivity contribution in [3.8, 4) is 0 Å². The lowest BCUT2D eigenvalue weighted by molar-refractivity contribution is 0.825. The molecule has 0 radical (unpaired) electrons. The van der Waals surface area contributed by atoms with E-state index in [1.54, 1.807) is 0 Å². The van der Waals surface area contributed by atoms with E-state index in [0.717, 1.165) is 9.99 Å². The van der Waals surface area contributed by atoms with Gasteiger partial charge in [0, 0.05) is 34.0 Å². The fourth-order valence-electron chi connectivity index (χ4n) is 2.52. The third-order valence-corrected chi connectivity index (χ3v) is 4.03. The van der Waals surface area contributed by atoms with Crippen molar-refractivity contribution in [1.29, 1.82) is 0 Å². The summed E-state index contributed by atoms with van der Waals surface area (Å²) in [7, 11) is 0. The molecule has 0 bridgehead atoms. The van der Waals surface area contributed by atoms with Crippen LogP contribution in [0.25, 0.3) is 10.9 Å². The predicted octanol–water partition coefficient (Wildman–Crippen LogP) is 4.02. The van der Waals surface area contributed by atoms with Crippen LogP contribution in [-0.4, -0.2) is 11.5 Å². The number of H-pyrrole nitrogens is 1. The van der Waals surface area contributed by atoms with Crippen molar-refractivity contribution in [3.63, 3.8) is 0 Å². The Kier molecular flexibility index (Phi) is 3.40. The number of aromatic amines is 1. The van der Waals surface area contributed by atoms with Gasteiger partial charge in [0.25, 0.3) is 0 Å². The topological polar surface area (TPSA) is 41.8 Å². The van der Waals surface area contributed by atoms with Gasteiger partial charge in [-0.25, -0.2) is 0 Å². The number of nitrogens with two attached hydrogens (primary N) is 1. The van der Waals surface area contributed by atoms with Crippen LogP contribution in [0.15, 0.2) is 59.2 Å². The van der Waals surface area contributed by atoms with E-state index < -0.39 is 0 Å². The SMILES string of the molecule is NC[C@@H](c1ccc(Br)cc1)c1c[nH]c2ccccc12. The molecule has 0 saturated carbocycles. The van der Waals surface area contributed by atoms with E-state index in [0.29, 0.717) is 6.54 Å². The quantitative estimate of drug-likeness (QED) is 0.753. The summed E-state index contributed by atoms with van der Waals surface area (Å²) in [5.74, 6) is 0.226. The molecule has 0 aliphatic carbocycles. The molecule has 3 N–H and O–H groups in total. The normalized spacial score (nSPS) is 12.7. The minimum absolute atomic E-state index is 0.226. The number of halogens is 1. The lowest BCUT2D eigenvalue weighted by atomic mass is 9.91. The number of benzene rings is 2. The van der Waals surface area contributed by atoms with Gasteiger partial charge in [-0.2, -0.15) is 0 Å². The van der Waals surface area contributed by atoms with Crippen molar-refractivity contribution in [1.82, 2.24) is 4.98 Å². The van der Waals surface area contributed by atoms with E-state index in [9.17, 15) is 0 Å². The highest BCUT2D eigenvalue weighted by atomic mass is 79.9. The van der Waals surface area contributed by atoms with Gasteiger partial charge in [-0.1, -0.05) is 46.3 Å². The highest BCUT2D eigenvalue weighted by molar-refractivity contribution is 9.10. The zero-order valence-corrected chi connectivity index (χ0v) is 12.0. The minimum Gasteiger partial charge on any atom is -0.361 e. The van der Waals surface area contributed by atoms with Crippen LogP contribution < -0.4 is 5.73 Å². The molecule has 1 heterocycles. The number of fused-ring (bicyclic) bond motifs is 1. The summed E-state index contributed by atoms with van der Waals surface area (Å²) in [5, 5.41) is 1.25. The third kappa shape index (κ3) is 2.31. The van der Waals surface area contributed by atoms with Crippen LogP contribution in [0.5, 0.6) is 0 Å². The van der Waals surface area contributed by atoms with E-state index in [1.165, 1.54) is 16.5 Å². The summed E-state index contributed by atoms with van der Waals surface area (Å²) >= 11 is 3.47. The van der Waals surface area contributed by atoms with Gasteiger partial charge in [0.2, 0.25) is 0 Å². The molecule has 0 spiro atoms. The summed E-state index contributed by atoms with van der Waals surface area (Å²) in [6.45, 7) is 0.601. The average Bonchev–Trinajstić information content (AvgIpc) is 2.86. The van der Waals surface area contributed by atoms with E-state index in [4.69, 9.17) is 5.73 Å². The molecule has 0 fully saturated rings. The molecule has 0 aliphatic heterocycles. The summed E-state index contributed by atoms with van der Waals surface area (Å²) in [6.07, 6.45) is 2.07. The molecule has 0 saturated heterocycles. The summed E-state index contributed by atoms with van der Waals surface area (Å²) in [6, 6.07) is 16.7. The Balaban J connectivity index is 2.09. The average molecular weight is 315 g/mol. The second-order valence-corrected chi connectivity index (χ2v) is 5.55.